The third kappa shape index (κ3) is 3.41. The molecule has 1 rings (SSSR count). The minimum atomic E-state index is -0.375. The van der Waals surface area contributed by atoms with Gasteiger partial charge in [-0.25, -0.2) is 4.39 Å². The van der Waals surface area contributed by atoms with E-state index < -0.39 is 0 Å². The maximum absolute atomic E-state index is 13.0. The normalized spacial score (nSPS) is 12.2. The van der Waals surface area contributed by atoms with E-state index >= 15 is 0 Å². The highest BCUT2D eigenvalue weighted by Crippen LogP contribution is 2.26. The van der Waals surface area contributed by atoms with Crippen LogP contribution in [0.3, 0.4) is 0 Å². The van der Waals surface area contributed by atoms with Gasteiger partial charge in [-0.3, -0.25) is 4.79 Å². The van der Waals surface area contributed by atoms with Crippen molar-refractivity contribution in [1.82, 2.24) is 0 Å². The summed E-state index contributed by atoms with van der Waals surface area (Å²) in [4.78, 5) is 10.8. The predicted octanol–water partition coefficient (Wildman–Crippen LogP) is 1.94. The number of hydrogen-bond donors (Lipinski definition) is 1. The molecule has 16 heavy (non-hydrogen) atoms. The van der Waals surface area contributed by atoms with Gasteiger partial charge in [0.2, 0.25) is 5.91 Å². The molecule has 1 aromatic carbocycles. The van der Waals surface area contributed by atoms with Gasteiger partial charge in [0.15, 0.2) is 0 Å². The molecule has 0 saturated carbocycles. The van der Waals surface area contributed by atoms with E-state index in [9.17, 15) is 9.18 Å². The molecule has 0 aliphatic carbocycles. The van der Waals surface area contributed by atoms with Gasteiger partial charge in [0.25, 0.3) is 0 Å². The standard InChI is InChI=1S/C11H14FNO2S/c1-7(11(13)14)16-6-8-5-9(12)3-4-10(8)15-2/h3-5,7H,6H2,1-2H3,(H2,13,14)/t7-/m0/s1. The molecule has 1 amide bonds. The van der Waals surface area contributed by atoms with Gasteiger partial charge < -0.3 is 10.5 Å². The van der Waals surface area contributed by atoms with Crippen molar-refractivity contribution in [3.63, 3.8) is 0 Å². The Morgan fingerprint density at radius 1 is 1.62 bits per heavy atom. The lowest BCUT2D eigenvalue weighted by Crippen LogP contribution is -2.22. The first-order chi connectivity index (χ1) is 7.54. The van der Waals surface area contributed by atoms with E-state index in [1.807, 2.05) is 0 Å². The van der Waals surface area contributed by atoms with Crippen LogP contribution in [0.1, 0.15) is 12.5 Å². The third-order valence-corrected chi connectivity index (χ3v) is 3.34. The summed E-state index contributed by atoms with van der Waals surface area (Å²) >= 11 is 1.35. The maximum atomic E-state index is 13.0. The van der Waals surface area contributed by atoms with Crippen LogP contribution in [0.5, 0.6) is 5.75 Å². The molecule has 0 aliphatic rings. The average Bonchev–Trinajstić information content (AvgIpc) is 2.25. The van der Waals surface area contributed by atoms with Crippen molar-refractivity contribution in [2.45, 2.75) is 17.9 Å². The van der Waals surface area contributed by atoms with Crippen LogP contribution < -0.4 is 10.5 Å². The number of primary amides is 1. The molecule has 0 radical (unpaired) electrons. The molecule has 1 atom stereocenters. The van der Waals surface area contributed by atoms with E-state index in [1.165, 1.54) is 31.0 Å². The Hall–Kier alpha value is -1.23. The molecule has 3 nitrogen and oxygen atoms in total. The van der Waals surface area contributed by atoms with E-state index in [1.54, 1.807) is 13.0 Å². The molecular weight excluding hydrogens is 229 g/mol. The first kappa shape index (κ1) is 12.8. The fourth-order valence-corrected chi connectivity index (χ4v) is 1.98. The predicted molar refractivity (Wildman–Crippen MR) is 62.9 cm³/mol. The molecule has 0 bridgehead atoms. The van der Waals surface area contributed by atoms with Crippen molar-refractivity contribution in [2.75, 3.05) is 7.11 Å². The summed E-state index contributed by atoms with van der Waals surface area (Å²) in [6, 6.07) is 4.31. The summed E-state index contributed by atoms with van der Waals surface area (Å²) in [5.74, 6) is 0.416. The number of rotatable bonds is 5. The number of nitrogens with two attached hydrogens (primary N) is 1. The average molecular weight is 243 g/mol. The summed E-state index contributed by atoms with van der Waals surface area (Å²) in [6.07, 6.45) is 0. The van der Waals surface area contributed by atoms with Crippen molar-refractivity contribution < 1.29 is 13.9 Å². The SMILES string of the molecule is COc1ccc(F)cc1CS[C@@H](C)C(N)=O. The number of amides is 1. The topological polar surface area (TPSA) is 52.3 Å². The zero-order chi connectivity index (χ0) is 12.1. The van der Waals surface area contributed by atoms with Crippen LogP contribution >= 0.6 is 11.8 Å². The second kappa shape index (κ2) is 5.75. The lowest BCUT2D eigenvalue weighted by molar-refractivity contribution is -0.117. The quantitative estimate of drug-likeness (QED) is 0.859. The third-order valence-electron chi connectivity index (χ3n) is 2.13. The number of benzene rings is 1. The largest absolute Gasteiger partial charge is 0.496 e. The molecule has 0 spiro atoms. The molecule has 0 fully saturated rings. The van der Waals surface area contributed by atoms with Crippen LogP contribution in [0.15, 0.2) is 18.2 Å². The molecule has 0 aromatic heterocycles. The fourth-order valence-electron chi connectivity index (χ4n) is 1.16. The molecule has 5 heteroatoms. The van der Waals surface area contributed by atoms with Gasteiger partial charge in [-0.2, -0.15) is 0 Å². The Morgan fingerprint density at radius 2 is 2.31 bits per heavy atom. The van der Waals surface area contributed by atoms with Crippen LogP contribution in [-0.2, 0) is 10.5 Å². The molecule has 88 valence electrons. The van der Waals surface area contributed by atoms with E-state index in [-0.39, 0.29) is 17.0 Å². The van der Waals surface area contributed by atoms with Crippen LogP contribution in [-0.4, -0.2) is 18.3 Å². The number of hydrogen-bond acceptors (Lipinski definition) is 3. The summed E-state index contributed by atoms with van der Waals surface area (Å²) in [7, 11) is 1.53. The highest BCUT2D eigenvalue weighted by atomic mass is 32.2. The van der Waals surface area contributed by atoms with Crippen LogP contribution in [0, 0.1) is 5.82 Å². The minimum absolute atomic E-state index is 0.298. The molecule has 2 N–H and O–H groups in total. The van der Waals surface area contributed by atoms with Crippen LogP contribution in [0.25, 0.3) is 0 Å². The van der Waals surface area contributed by atoms with Crippen molar-refractivity contribution in [3.05, 3.63) is 29.6 Å². The second-order valence-corrected chi connectivity index (χ2v) is 4.64. The minimum Gasteiger partial charge on any atom is -0.496 e. The van der Waals surface area contributed by atoms with Gasteiger partial charge in [-0.1, -0.05) is 0 Å². The lowest BCUT2D eigenvalue weighted by Gasteiger charge is -2.10. The zero-order valence-electron chi connectivity index (χ0n) is 9.20. The molecular formula is C11H14FNO2S. The van der Waals surface area contributed by atoms with Gasteiger partial charge in [-0.05, 0) is 25.1 Å². The van der Waals surface area contributed by atoms with Gasteiger partial charge in [0.1, 0.15) is 11.6 Å². The molecule has 0 unspecified atom stereocenters. The number of thioether (sulfide) groups is 1. The smallest absolute Gasteiger partial charge is 0.230 e. The number of methoxy groups -OCH3 is 1. The number of carbonyl (C=O) groups is 1. The lowest BCUT2D eigenvalue weighted by atomic mass is 10.2. The molecule has 0 saturated heterocycles. The van der Waals surface area contributed by atoms with E-state index in [0.717, 1.165) is 5.56 Å². The molecule has 0 aliphatic heterocycles. The Balaban J connectivity index is 2.72. The first-order valence-corrected chi connectivity index (χ1v) is 5.82. The van der Waals surface area contributed by atoms with Crippen molar-refractivity contribution in [1.29, 1.82) is 0 Å². The first-order valence-electron chi connectivity index (χ1n) is 4.78. The number of halogens is 1. The second-order valence-electron chi connectivity index (χ2n) is 3.31. The van der Waals surface area contributed by atoms with E-state index in [2.05, 4.69) is 0 Å². The highest BCUT2D eigenvalue weighted by Gasteiger charge is 2.11. The number of ether oxygens (including phenoxy) is 1. The summed E-state index contributed by atoms with van der Waals surface area (Å²) < 4.78 is 18.1. The summed E-state index contributed by atoms with van der Waals surface area (Å²) in [6.45, 7) is 1.72. The van der Waals surface area contributed by atoms with E-state index in [0.29, 0.717) is 11.5 Å². The zero-order valence-corrected chi connectivity index (χ0v) is 10.0. The monoisotopic (exact) mass is 243 g/mol. The number of carbonyl (C=O) groups excluding carboxylic acids is 1. The van der Waals surface area contributed by atoms with Gasteiger partial charge >= 0.3 is 0 Å². The summed E-state index contributed by atoms with van der Waals surface area (Å²) in [5, 5.41) is -0.298. The Labute approximate surface area is 98.2 Å². The Morgan fingerprint density at radius 3 is 2.88 bits per heavy atom. The van der Waals surface area contributed by atoms with Gasteiger partial charge in [-0.15, -0.1) is 11.8 Å². The Bertz CT molecular complexity index is 384. The summed E-state index contributed by atoms with van der Waals surface area (Å²) in [5.41, 5.74) is 5.86. The molecule has 1 aromatic rings. The van der Waals surface area contributed by atoms with Gasteiger partial charge in [0.05, 0.1) is 12.4 Å². The maximum Gasteiger partial charge on any atom is 0.230 e. The van der Waals surface area contributed by atoms with Crippen molar-refractivity contribution in [3.8, 4) is 5.75 Å². The molecule has 0 heterocycles. The fraction of sp³-hybridized carbons (Fsp3) is 0.364. The highest BCUT2D eigenvalue weighted by molar-refractivity contribution is 7.99. The van der Waals surface area contributed by atoms with Crippen LogP contribution in [0.2, 0.25) is 0 Å². The van der Waals surface area contributed by atoms with Gasteiger partial charge in [0, 0.05) is 11.3 Å². The Kier molecular flexibility index (Phi) is 4.61. The van der Waals surface area contributed by atoms with Crippen LogP contribution in [0.4, 0.5) is 4.39 Å². The van der Waals surface area contributed by atoms with E-state index in [4.69, 9.17) is 10.5 Å². The van der Waals surface area contributed by atoms with Crippen molar-refractivity contribution >= 4 is 17.7 Å². The van der Waals surface area contributed by atoms with Crippen molar-refractivity contribution in [2.24, 2.45) is 5.73 Å².